The van der Waals surface area contributed by atoms with Gasteiger partial charge in [0.25, 0.3) is 5.56 Å². The number of aromatic nitrogens is 1. The molecule has 0 bridgehead atoms. The fraction of sp³-hybridized carbons (Fsp3) is 0.500. The number of ether oxygens (including phenoxy) is 1. The molecule has 0 aliphatic heterocycles. The van der Waals surface area contributed by atoms with E-state index in [1.54, 1.807) is 0 Å². The highest BCUT2D eigenvalue weighted by Gasteiger charge is 2.19. The first-order valence-electron chi connectivity index (χ1n) is 5.80. The topological polar surface area (TPSA) is 74.3 Å². The summed E-state index contributed by atoms with van der Waals surface area (Å²) in [5, 5.41) is 0. The number of carbonyl (C=O) groups excluding carboxylic acids is 1. The van der Waals surface area contributed by atoms with E-state index in [9.17, 15) is 9.59 Å². The molecule has 2 N–H and O–H groups in total. The summed E-state index contributed by atoms with van der Waals surface area (Å²) in [6, 6.07) is 2.86. The van der Waals surface area contributed by atoms with Gasteiger partial charge in [-0.2, -0.15) is 0 Å². The molecule has 0 radical (unpaired) electrons. The summed E-state index contributed by atoms with van der Waals surface area (Å²) in [5.41, 5.74) is 5.76. The van der Waals surface area contributed by atoms with E-state index in [0.29, 0.717) is 5.69 Å². The van der Waals surface area contributed by atoms with Crippen molar-refractivity contribution in [2.45, 2.75) is 38.3 Å². The van der Waals surface area contributed by atoms with E-state index in [4.69, 9.17) is 10.5 Å². The van der Waals surface area contributed by atoms with Crippen molar-refractivity contribution >= 4 is 11.7 Å². The Hall–Kier alpha value is -1.78. The van der Waals surface area contributed by atoms with Crippen LogP contribution in [0.5, 0.6) is 0 Å². The molecule has 0 aromatic carbocycles. The maximum absolute atomic E-state index is 11.6. The standard InChI is InChI=1S/C12H16N2O3/c13-9-5-6-11(15)14(7-9)8-12(16)17-10-3-1-2-4-10/h5-7,10H,1-4,8,13H2. The Labute approximate surface area is 99.2 Å². The molecule has 1 aromatic rings. The average molecular weight is 236 g/mol. The van der Waals surface area contributed by atoms with Gasteiger partial charge in [-0.25, -0.2) is 0 Å². The van der Waals surface area contributed by atoms with Gasteiger partial charge in [0.05, 0.1) is 0 Å². The Kier molecular flexibility index (Phi) is 3.46. The zero-order chi connectivity index (χ0) is 12.3. The lowest BCUT2D eigenvalue weighted by molar-refractivity contribution is -0.149. The molecule has 0 atom stereocenters. The molecule has 0 unspecified atom stereocenters. The highest BCUT2D eigenvalue weighted by Crippen LogP contribution is 2.20. The first-order chi connectivity index (χ1) is 8.15. The van der Waals surface area contributed by atoms with Crippen LogP contribution in [0.25, 0.3) is 0 Å². The Morgan fingerprint density at radius 1 is 1.41 bits per heavy atom. The van der Waals surface area contributed by atoms with E-state index in [0.717, 1.165) is 25.7 Å². The van der Waals surface area contributed by atoms with Gasteiger partial charge in [0, 0.05) is 18.0 Å². The van der Waals surface area contributed by atoms with Gasteiger partial charge in [0.15, 0.2) is 0 Å². The lowest BCUT2D eigenvalue weighted by Gasteiger charge is -2.12. The molecule has 1 saturated carbocycles. The smallest absolute Gasteiger partial charge is 0.326 e. The van der Waals surface area contributed by atoms with Crippen LogP contribution in [0.15, 0.2) is 23.1 Å². The predicted molar refractivity (Wildman–Crippen MR) is 63.5 cm³/mol. The summed E-state index contributed by atoms with van der Waals surface area (Å²) >= 11 is 0. The number of pyridine rings is 1. The predicted octanol–water partition coefficient (Wildman–Crippen LogP) is 0.916. The normalized spacial score (nSPS) is 16.0. The minimum absolute atomic E-state index is 0.0271. The molecule has 0 spiro atoms. The van der Waals surface area contributed by atoms with E-state index < -0.39 is 0 Å². The summed E-state index contributed by atoms with van der Waals surface area (Å²) < 4.78 is 6.54. The zero-order valence-corrected chi connectivity index (χ0v) is 9.59. The maximum atomic E-state index is 11.6. The van der Waals surface area contributed by atoms with Crippen LogP contribution in [0, 0.1) is 0 Å². The van der Waals surface area contributed by atoms with E-state index >= 15 is 0 Å². The van der Waals surface area contributed by atoms with E-state index in [2.05, 4.69) is 0 Å². The van der Waals surface area contributed by atoms with Gasteiger partial charge < -0.3 is 15.0 Å². The second-order valence-electron chi connectivity index (χ2n) is 4.32. The number of carbonyl (C=O) groups is 1. The van der Waals surface area contributed by atoms with Crippen LogP contribution in [0.4, 0.5) is 5.69 Å². The summed E-state index contributed by atoms with van der Waals surface area (Å²) in [6.07, 6.45) is 5.55. The van der Waals surface area contributed by atoms with Crippen molar-refractivity contribution < 1.29 is 9.53 Å². The highest BCUT2D eigenvalue weighted by molar-refractivity contribution is 5.69. The summed E-state index contributed by atoms with van der Waals surface area (Å²) in [4.78, 5) is 23.1. The molecular weight excluding hydrogens is 220 g/mol. The van der Waals surface area contributed by atoms with Crippen molar-refractivity contribution in [1.82, 2.24) is 4.57 Å². The third kappa shape index (κ3) is 3.09. The third-order valence-electron chi connectivity index (χ3n) is 2.91. The highest BCUT2D eigenvalue weighted by atomic mass is 16.5. The van der Waals surface area contributed by atoms with Crippen molar-refractivity contribution in [3.63, 3.8) is 0 Å². The van der Waals surface area contributed by atoms with Crippen LogP contribution < -0.4 is 11.3 Å². The van der Waals surface area contributed by atoms with Crippen LogP contribution in [-0.2, 0) is 16.1 Å². The van der Waals surface area contributed by atoms with E-state index in [-0.39, 0.29) is 24.2 Å². The lowest BCUT2D eigenvalue weighted by Crippen LogP contribution is -2.26. The van der Waals surface area contributed by atoms with Crippen LogP contribution in [0.3, 0.4) is 0 Å². The van der Waals surface area contributed by atoms with Crippen LogP contribution in [-0.4, -0.2) is 16.6 Å². The van der Waals surface area contributed by atoms with Crippen molar-refractivity contribution in [3.05, 3.63) is 28.7 Å². The maximum Gasteiger partial charge on any atom is 0.326 e. The summed E-state index contributed by atoms with van der Waals surface area (Å²) in [6.45, 7) is -0.0691. The van der Waals surface area contributed by atoms with Crippen molar-refractivity contribution in [2.75, 3.05) is 5.73 Å². The quantitative estimate of drug-likeness (QED) is 0.792. The minimum atomic E-state index is -0.371. The zero-order valence-electron chi connectivity index (χ0n) is 9.59. The Morgan fingerprint density at radius 2 is 2.12 bits per heavy atom. The first kappa shape index (κ1) is 11.7. The van der Waals surface area contributed by atoms with Crippen LogP contribution in [0.2, 0.25) is 0 Å². The number of anilines is 1. The third-order valence-corrected chi connectivity index (χ3v) is 2.91. The molecule has 0 amide bonds. The van der Waals surface area contributed by atoms with Crippen LogP contribution >= 0.6 is 0 Å². The number of hydrogen-bond acceptors (Lipinski definition) is 4. The summed E-state index contributed by atoms with van der Waals surface area (Å²) in [7, 11) is 0. The van der Waals surface area contributed by atoms with Gasteiger partial charge in [-0.15, -0.1) is 0 Å². The molecule has 5 nitrogen and oxygen atoms in total. The number of esters is 1. The number of nitrogens with zero attached hydrogens (tertiary/aromatic N) is 1. The van der Waals surface area contributed by atoms with E-state index in [1.165, 1.54) is 22.9 Å². The molecule has 92 valence electrons. The number of hydrogen-bond donors (Lipinski definition) is 1. The monoisotopic (exact) mass is 236 g/mol. The Bertz CT molecular complexity index is 461. The molecule has 17 heavy (non-hydrogen) atoms. The molecule has 1 aromatic heterocycles. The van der Waals surface area contributed by atoms with Gasteiger partial charge in [-0.3, -0.25) is 9.59 Å². The van der Waals surface area contributed by atoms with Gasteiger partial charge in [0.1, 0.15) is 12.6 Å². The number of nitrogen functional groups attached to an aromatic ring is 1. The molecular formula is C12H16N2O3. The van der Waals surface area contributed by atoms with Crippen molar-refractivity contribution in [1.29, 1.82) is 0 Å². The number of rotatable bonds is 3. The summed E-state index contributed by atoms with van der Waals surface area (Å²) in [5.74, 6) is -0.371. The largest absolute Gasteiger partial charge is 0.461 e. The van der Waals surface area contributed by atoms with Gasteiger partial charge in [-0.1, -0.05) is 0 Å². The first-order valence-corrected chi connectivity index (χ1v) is 5.80. The van der Waals surface area contributed by atoms with E-state index in [1.807, 2.05) is 0 Å². The number of nitrogens with two attached hydrogens (primary N) is 1. The lowest BCUT2D eigenvalue weighted by atomic mass is 10.3. The van der Waals surface area contributed by atoms with Gasteiger partial charge >= 0.3 is 5.97 Å². The fourth-order valence-corrected chi connectivity index (χ4v) is 2.04. The molecule has 1 aliphatic rings. The molecule has 2 rings (SSSR count). The van der Waals surface area contributed by atoms with Crippen LogP contribution in [0.1, 0.15) is 25.7 Å². The Balaban J connectivity index is 1.97. The van der Waals surface area contributed by atoms with Gasteiger partial charge in [0.2, 0.25) is 0 Å². The minimum Gasteiger partial charge on any atom is -0.461 e. The fourth-order valence-electron chi connectivity index (χ4n) is 2.04. The second-order valence-corrected chi connectivity index (χ2v) is 4.32. The van der Waals surface area contributed by atoms with Crippen molar-refractivity contribution in [2.24, 2.45) is 0 Å². The molecule has 0 saturated heterocycles. The Morgan fingerprint density at radius 3 is 2.82 bits per heavy atom. The molecule has 1 fully saturated rings. The van der Waals surface area contributed by atoms with Crippen molar-refractivity contribution in [3.8, 4) is 0 Å². The average Bonchev–Trinajstić information content (AvgIpc) is 2.76. The SMILES string of the molecule is Nc1ccc(=O)n(CC(=O)OC2CCCC2)c1. The van der Waals surface area contributed by atoms with Gasteiger partial charge in [-0.05, 0) is 31.7 Å². The molecule has 1 aliphatic carbocycles. The molecule has 1 heterocycles. The second kappa shape index (κ2) is 5.03. The molecule has 5 heteroatoms.